The molecule has 1 aromatic rings. The molecule has 2 aliphatic rings. The van der Waals surface area contributed by atoms with Crippen molar-refractivity contribution < 1.29 is 0 Å². The van der Waals surface area contributed by atoms with E-state index in [0.717, 1.165) is 11.8 Å². The summed E-state index contributed by atoms with van der Waals surface area (Å²) in [5.41, 5.74) is 7.82. The molecule has 0 aromatic heterocycles. The van der Waals surface area contributed by atoms with Crippen LogP contribution in [0.25, 0.3) is 0 Å². The molecule has 1 aromatic carbocycles. The molecular weight excluding hydrogens is 280 g/mol. The average molecular weight is 309 g/mol. The Kier molecular flexibility index (Phi) is 6.53. The third kappa shape index (κ3) is 4.45. The van der Waals surface area contributed by atoms with Crippen molar-refractivity contribution in [3.05, 3.63) is 35.9 Å². The number of rotatable bonds is 3. The van der Waals surface area contributed by atoms with Crippen LogP contribution in [0.4, 0.5) is 0 Å². The Labute approximate surface area is 135 Å². The minimum atomic E-state index is 0. The van der Waals surface area contributed by atoms with Crippen LogP contribution in [0.5, 0.6) is 0 Å². The summed E-state index contributed by atoms with van der Waals surface area (Å²) >= 11 is 0. The predicted molar refractivity (Wildman–Crippen MR) is 92.0 cm³/mol. The number of hydrogen-bond acceptors (Lipinski definition) is 2. The zero-order valence-electron chi connectivity index (χ0n) is 12.9. The van der Waals surface area contributed by atoms with E-state index in [4.69, 9.17) is 5.73 Å². The first-order valence-corrected chi connectivity index (χ1v) is 8.36. The Morgan fingerprint density at radius 2 is 1.62 bits per heavy atom. The Morgan fingerprint density at radius 3 is 2.29 bits per heavy atom. The number of hydrogen-bond donors (Lipinski definition) is 1. The Hall–Kier alpha value is -0.570. The van der Waals surface area contributed by atoms with Crippen molar-refractivity contribution in [2.75, 3.05) is 19.6 Å². The summed E-state index contributed by atoms with van der Waals surface area (Å²) in [5, 5.41) is 0. The van der Waals surface area contributed by atoms with Gasteiger partial charge < -0.3 is 10.6 Å². The first-order valence-electron chi connectivity index (χ1n) is 8.36. The molecule has 1 aliphatic heterocycles. The van der Waals surface area contributed by atoms with Gasteiger partial charge in [-0.1, -0.05) is 43.2 Å². The second kappa shape index (κ2) is 8.17. The molecule has 0 unspecified atom stereocenters. The molecule has 1 saturated heterocycles. The second-order valence-corrected chi connectivity index (χ2v) is 6.69. The summed E-state index contributed by atoms with van der Waals surface area (Å²) in [4.78, 5) is 2.66. The van der Waals surface area contributed by atoms with Crippen LogP contribution < -0.4 is 5.73 Å². The van der Waals surface area contributed by atoms with Crippen LogP contribution in [-0.4, -0.2) is 30.6 Å². The maximum Gasteiger partial charge on any atom is 0.00793 e. The smallest absolute Gasteiger partial charge is 0.00793 e. The molecule has 2 nitrogen and oxygen atoms in total. The van der Waals surface area contributed by atoms with Crippen LogP contribution in [-0.2, 0) is 0 Å². The van der Waals surface area contributed by atoms with Crippen molar-refractivity contribution in [3.8, 4) is 0 Å². The standard InChI is InChI=1S/C18H28N2.ClH/c19-18-9-5-4-8-17(18)14-20-12-10-16(11-13-20)15-6-2-1-3-7-15;/h1-3,6-7,16-18H,4-5,8-14,19H2;1H/t17-,18+;/m0./s1. The molecule has 2 atom stereocenters. The lowest BCUT2D eigenvalue weighted by Crippen LogP contribution is -2.43. The van der Waals surface area contributed by atoms with Gasteiger partial charge in [0.15, 0.2) is 0 Å². The van der Waals surface area contributed by atoms with Crippen LogP contribution in [0, 0.1) is 5.92 Å². The van der Waals surface area contributed by atoms with Gasteiger partial charge in [-0.3, -0.25) is 0 Å². The molecule has 118 valence electrons. The number of piperidine rings is 1. The molecule has 0 spiro atoms. The summed E-state index contributed by atoms with van der Waals surface area (Å²) in [7, 11) is 0. The highest BCUT2D eigenvalue weighted by Gasteiger charge is 2.26. The van der Waals surface area contributed by atoms with Gasteiger partial charge in [0.25, 0.3) is 0 Å². The minimum Gasteiger partial charge on any atom is -0.327 e. The van der Waals surface area contributed by atoms with Gasteiger partial charge in [-0.05, 0) is 56.2 Å². The van der Waals surface area contributed by atoms with E-state index in [1.54, 1.807) is 0 Å². The van der Waals surface area contributed by atoms with Gasteiger partial charge in [-0.2, -0.15) is 0 Å². The van der Waals surface area contributed by atoms with E-state index in [1.807, 2.05) is 0 Å². The number of halogens is 1. The van der Waals surface area contributed by atoms with Crippen molar-refractivity contribution in [2.45, 2.75) is 50.5 Å². The van der Waals surface area contributed by atoms with Gasteiger partial charge in [0.2, 0.25) is 0 Å². The van der Waals surface area contributed by atoms with E-state index < -0.39 is 0 Å². The first-order chi connectivity index (χ1) is 9.83. The highest BCUT2D eigenvalue weighted by atomic mass is 35.5. The molecule has 3 heteroatoms. The van der Waals surface area contributed by atoms with Gasteiger partial charge in [0.05, 0.1) is 0 Å². The molecule has 0 bridgehead atoms. The molecule has 1 aliphatic carbocycles. The van der Waals surface area contributed by atoms with Gasteiger partial charge >= 0.3 is 0 Å². The van der Waals surface area contributed by atoms with Crippen molar-refractivity contribution in [2.24, 2.45) is 11.7 Å². The lowest BCUT2D eigenvalue weighted by molar-refractivity contribution is 0.152. The molecule has 0 amide bonds. The SMILES string of the molecule is Cl.N[C@@H]1CCCC[C@H]1CN1CCC(c2ccccc2)CC1. The summed E-state index contributed by atoms with van der Waals surface area (Å²) in [6.07, 6.45) is 7.94. The summed E-state index contributed by atoms with van der Waals surface area (Å²) in [6, 6.07) is 11.5. The van der Waals surface area contributed by atoms with Crippen molar-refractivity contribution in [3.63, 3.8) is 0 Å². The summed E-state index contributed by atoms with van der Waals surface area (Å²) in [6.45, 7) is 3.74. The Balaban J connectivity index is 0.00000161. The molecule has 2 N–H and O–H groups in total. The zero-order chi connectivity index (χ0) is 13.8. The lowest BCUT2D eigenvalue weighted by Gasteiger charge is -2.37. The maximum absolute atomic E-state index is 6.29. The second-order valence-electron chi connectivity index (χ2n) is 6.69. The molecule has 1 saturated carbocycles. The topological polar surface area (TPSA) is 29.3 Å². The number of benzene rings is 1. The van der Waals surface area contributed by atoms with E-state index in [2.05, 4.69) is 35.2 Å². The van der Waals surface area contributed by atoms with E-state index in [9.17, 15) is 0 Å². The fourth-order valence-corrected chi connectivity index (χ4v) is 3.97. The molecule has 1 heterocycles. The van der Waals surface area contributed by atoms with Gasteiger partial charge in [0, 0.05) is 12.6 Å². The monoisotopic (exact) mass is 308 g/mol. The largest absolute Gasteiger partial charge is 0.327 e. The van der Waals surface area contributed by atoms with Crippen molar-refractivity contribution in [1.29, 1.82) is 0 Å². The van der Waals surface area contributed by atoms with Gasteiger partial charge in [0.1, 0.15) is 0 Å². The third-order valence-corrected chi connectivity index (χ3v) is 5.32. The Bertz CT molecular complexity index is 401. The Morgan fingerprint density at radius 1 is 0.952 bits per heavy atom. The molecular formula is C18H29ClN2. The highest BCUT2D eigenvalue weighted by Crippen LogP contribution is 2.30. The number of nitrogens with zero attached hydrogens (tertiary/aromatic N) is 1. The quantitative estimate of drug-likeness (QED) is 0.920. The first kappa shape index (κ1) is 16.8. The average Bonchev–Trinajstić information content (AvgIpc) is 2.51. The van der Waals surface area contributed by atoms with Gasteiger partial charge in [-0.25, -0.2) is 0 Å². The fourth-order valence-electron chi connectivity index (χ4n) is 3.97. The van der Waals surface area contributed by atoms with E-state index >= 15 is 0 Å². The van der Waals surface area contributed by atoms with Crippen LogP contribution >= 0.6 is 12.4 Å². The van der Waals surface area contributed by atoms with Crippen molar-refractivity contribution >= 4 is 12.4 Å². The van der Waals surface area contributed by atoms with Gasteiger partial charge in [-0.15, -0.1) is 12.4 Å². The fraction of sp³-hybridized carbons (Fsp3) is 0.667. The normalized spacial score (nSPS) is 28.0. The van der Waals surface area contributed by atoms with E-state index in [0.29, 0.717) is 6.04 Å². The minimum absolute atomic E-state index is 0. The molecule has 3 rings (SSSR count). The van der Waals surface area contributed by atoms with Crippen LogP contribution in [0.15, 0.2) is 30.3 Å². The maximum atomic E-state index is 6.29. The highest BCUT2D eigenvalue weighted by molar-refractivity contribution is 5.85. The third-order valence-electron chi connectivity index (χ3n) is 5.32. The van der Waals surface area contributed by atoms with Crippen molar-refractivity contribution in [1.82, 2.24) is 4.90 Å². The molecule has 0 radical (unpaired) electrons. The number of nitrogens with two attached hydrogens (primary N) is 1. The lowest BCUT2D eigenvalue weighted by atomic mass is 9.83. The van der Waals surface area contributed by atoms with E-state index in [-0.39, 0.29) is 12.4 Å². The van der Waals surface area contributed by atoms with Crippen LogP contribution in [0.3, 0.4) is 0 Å². The zero-order valence-corrected chi connectivity index (χ0v) is 13.7. The van der Waals surface area contributed by atoms with Crippen LogP contribution in [0.1, 0.15) is 50.0 Å². The summed E-state index contributed by atoms with van der Waals surface area (Å²) in [5.74, 6) is 1.52. The van der Waals surface area contributed by atoms with E-state index in [1.165, 1.54) is 63.7 Å². The molecule has 2 fully saturated rings. The summed E-state index contributed by atoms with van der Waals surface area (Å²) < 4.78 is 0. The molecule has 21 heavy (non-hydrogen) atoms. The predicted octanol–water partition coefficient (Wildman–Crippen LogP) is 3.81. The van der Waals surface area contributed by atoms with Crippen LogP contribution in [0.2, 0.25) is 0 Å². The number of likely N-dealkylation sites (tertiary alicyclic amines) is 1.